The van der Waals surface area contributed by atoms with Gasteiger partial charge in [-0.15, -0.1) is 11.3 Å². The van der Waals surface area contributed by atoms with Crippen molar-refractivity contribution in [3.63, 3.8) is 0 Å². The van der Waals surface area contributed by atoms with Gasteiger partial charge < -0.3 is 10.2 Å². The first-order chi connectivity index (χ1) is 10.6. The third-order valence-electron chi connectivity index (χ3n) is 4.02. The molecule has 0 aliphatic carbocycles. The number of amides is 2. The van der Waals surface area contributed by atoms with Crippen molar-refractivity contribution >= 4 is 28.8 Å². The molecule has 1 aromatic carbocycles. The van der Waals surface area contributed by atoms with Crippen molar-refractivity contribution in [2.24, 2.45) is 0 Å². The van der Waals surface area contributed by atoms with Crippen LogP contribution in [0.15, 0.2) is 35.7 Å². The van der Waals surface area contributed by atoms with E-state index in [0.717, 1.165) is 11.3 Å². The Morgan fingerprint density at radius 1 is 1.36 bits per heavy atom. The van der Waals surface area contributed by atoms with Gasteiger partial charge >= 0.3 is 0 Å². The van der Waals surface area contributed by atoms with Crippen LogP contribution in [0.3, 0.4) is 0 Å². The van der Waals surface area contributed by atoms with Crippen molar-refractivity contribution < 1.29 is 9.59 Å². The van der Waals surface area contributed by atoms with Gasteiger partial charge in [-0.2, -0.15) is 0 Å². The number of anilines is 1. The number of likely N-dealkylation sites (N-methyl/N-ethyl adjacent to an activating group) is 1. The van der Waals surface area contributed by atoms with Crippen molar-refractivity contribution in [3.05, 3.63) is 51.7 Å². The van der Waals surface area contributed by atoms with Crippen LogP contribution in [-0.4, -0.2) is 23.8 Å². The second kappa shape index (κ2) is 5.93. The van der Waals surface area contributed by atoms with Gasteiger partial charge in [0.1, 0.15) is 0 Å². The molecule has 5 heteroatoms. The van der Waals surface area contributed by atoms with E-state index >= 15 is 0 Å². The Morgan fingerprint density at radius 3 is 2.86 bits per heavy atom. The monoisotopic (exact) mass is 314 g/mol. The number of nitrogens with zero attached hydrogens (tertiary/aromatic N) is 1. The van der Waals surface area contributed by atoms with Crippen molar-refractivity contribution in [2.75, 3.05) is 12.4 Å². The average Bonchev–Trinajstić information content (AvgIpc) is 2.90. The number of fused-ring (bicyclic) bond motifs is 1. The molecule has 1 N–H and O–H groups in total. The zero-order valence-electron chi connectivity index (χ0n) is 12.6. The van der Waals surface area contributed by atoms with Crippen LogP contribution in [0.5, 0.6) is 0 Å². The summed E-state index contributed by atoms with van der Waals surface area (Å²) in [6.45, 7) is 2.64. The lowest BCUT2D eigenvalue weighted by Crippen LogP contribution is -2.36. The van der Waals surface area contributed by atoms with Gasteiger partial charge in [0.15, 0.2) is 0 Å². The molecular weight excluding hydrogens is 296 g/mol. The summed E-state index contributed by atoms with van der Waals surface area (Å²) < 4.78 is 0. The molecule has 1 aliphatic heterocycles. The number of aryl methyl sites for hydroxylation is 1. The minimum atomic E-state index is -0.393. The maximum absolute atomic E-state index is 12.8. The van der Waals surface area contributed by atoms with Crippen molar-refractivity contribution in [1.29, 1.82) is 0 Å². The second-order valence-electron chi connectivity index (χ2n) is 5.61. The third kappa shape index (κ3) is 2.76. The fraction of sp³-hybridized carbons (Fsp3) is 0.294. The molecule has 0 unspecified atom stereocenters. The van der Waals surface area contributed by atoms with Gasteiger partial charge in [0.05, 0.1) is 12.5 Å². The van der Waals surface area contributed by atoms with Crippen LogP contribution in [0, 0.1) is 6.92 Å². The maximum atomic E-state index is 12.8. The molecule has 0 saturated carbocycles. The van der Waals surface area contributed by atoms with Crippen LogP contribution < -0.4 is 5.32 Å². The zero-order chi connectivity index (χ0) is 15.7. The fourth-order valence-electron chi connectivity index (χ4n) is 2.76. The predicted octanol–water partition coefficient (Wildman–Crippen LogP) is 3.14. The van der Waals surface area contributed by atoms with Gasteiger partial charge in [0, 0.05) is 24.0 Å². The summed E-state index contributed by atoms with van der Waals surface area (Å²) in [6.07, 6.45) is 0.212. The quantitative estimate of drug-likeness (QED) is 0.946. The Bertz CT molecular complexity index is 723. The van der Waals surface area contributed by atoms with Gasteiger partial charge in [-0.1, -0.05) is 18.2 Å². The number of nitrogens with one attached hydrogen (secondary N) is 1. The van der Waals surface area contributed by atoms with E-state index in [2.05, 4.69) is 11.4 Å². The summed E-state index contributed by atoms with van der Waals surface area (Å²) >= 11 is 1.65. The van der Waals surface area contributed by atoms with Crippen LogP contribution in [0.2, 0.25) is 0 Å². The van der Waals surface area contributed by atoms with E-state index in [9.17, 15) is 9.59 Å². The minimum absolute atomic E-state index is 0.00454. The highest BCUT2D eigenvalue weighted by molar-refractivity contribution is 7.10. The highest BCUT2D eigenvalue weighted by atomic mass is 32.1. The molecule has 0 saturated heterocycles. The standard InChI is InChI=1S/C17H18N2O2S/c1-11-7-8-22-15(11)10-19(2)17(21)13-9-16(20)18-14-6-4-3-5-12(13)14/h3-8,13H,9-10H2,1-2H3,(H,18,20)/t13-/m0/s1. The molecule has 114 valence electrons. The predicted molar refractivity (Wildman–Crippen MR) is 88.0 cm³/mol. The van der Waals surface area contributed by atoms with E-state index in [1.807, 2.05) is 36.6 Å². The molecule has 1 atom stereocenters. The Balaban J connectivity index is 1.83. The number of benzene rings is 1. The summed E-state index contributed by atoms with van der Waals surface area (Å²) in [4.78, 5) is 27.6. The van der Waals surface area contributed by atoms with Crippen LogP contribution in [-0.2, 0) is 16.1 Å². The minimum Gasteiger partial charge on any atom is -0.340 e. The Morgan fingerprint density at radius 2 is 2.14 bits per heavy atom. The number of hydrogen-bond acceptors (Lipinski definition) is 3. The van der Waals surface area contributed by atoms with Crippen molar-refractivity contribution in [1.82, 2.24) is 4.90 Å². The lowest BCUT2D eigenvalue weighted by atomic mass is 9.89. The first kappa shape index (κ1) is 14.8. The van der Waals surface area contributed by atoms with Gasteiger partial charge in [-0.3, -0.25) is 9.59 Å². The number of carbonyl (C=O) groups excluding carboxylic acids is 2. The number of hydrogen-bond donors (Lipinski definition) is 1. The Labute approximate surface area is 133 Å². The van der Waals surface area contributed by atoms with Gasteiger partial charge in [0.25, 0.3) is 0 Å². The molecule has 2 aromatic rings. The topological polar surface area (TPSA) is 49.4 Å². The molecule has 3 rings (SSSR count). The molecule has 2 heterocycles. The molecule has 0 fully saturated rings. The highest BCUT2D eigenvalue weighted by Crippen LogP contribution is 2.33. The smallest absolute Gasteiger partial charge is 0.230 e. The number of carbonyl (C=O) groups is 2. The van der Waals surface area contributed by atoms with E-state index in [-0.39, 0.29) is 18.2 Å². The Kier molecular flexibility index (Phi) is 3.98. The van der Waals surface area contributed by atoms with Crippen LogP contribution in [0.4, 0.5) is 5.69 Å². The summed E-state index contributed by atoms with van der Waals surface area (Å²) in [5.74, 6) is -0.497. The molecule has 4 nitrogen and oxygen atoms in total. The van der Waals surface area contributed by atoms with Gasteiger partial charge in [0.2, 0.25) is 11.8 Å². The first-order valence-electron chi connectivity index (χ1n) is 7.23. The molecule has 1 aliphatic rings. The second-order valence-corrected chi connectivity index (χ2v) is 6.61. The molecule has 0 bridgehead atoms. The van der Waals surface area contributed by atoms with E-state index in [4.69, 9.17) is 0 Å². The van der Waals surface area contributed by atoms with Crippen LogP contribution in [0.1, 0.15) is 28.3 Å². The molecule has 2 amide bonds. The summed E-state index contributed by atoms with van der Waals surface area (Å²) in [5, 5.41) is 4.86. The molecule has 1 aromatic heterocycles. The molecule has 0 radical (unpaired) electrons. The van der Waals surface area contributed by atoms with E-state index in [1.165, 1.54) is 10.4 Å². The van der Waals surface area contributed by atoms with Crippen molar-refractivity contribution in [3.8, 4) is 0 Å². The lowest BCUT2D eigenvalue weighted by molar-refractivity contribution is -0.134. The van der Waals surface area contributed by atoms with E-state index < -0.39 is 5.92 Å². The number of thiophene rings is 1. The average molecular weight is 314 g/mol. The van der Waals surface area contributed by atoms with Crippen LogP contribution in [0.25, 0.3) is 0 Å². The van der Waals surface area contributed by atoms with E-state index in [1.54, 1.807) is 23.3 Å². The normalized spacial score (nSPS) is 16.8. The third-order valence-corrected chi connectivity index (χ3v) is 5.03. The fourth-order valence-corrected chi connectivity index (χ4v) is 3.72. The highest BCUT2D eigenvalue weighted by Gasteiger charge is 2.32. The van der Waals surface area contributed by atoms with Crippen molar-refractivity contribution in [2.45, 2.75) is 25.8 Å². The number of para-hydroxylation sites is 1. The summed E-state index contributed by atoms with van der Waals surface area (Å²) in [5.41, 5.74) is 2.85. The summed E-state index contributed by atoms with van der Waals surface area (Å²) in [7, 11) is 1.80. The van der Waals surface area contributed by atoms with Gasteiger partial charge in [-0.05, 0) is 35.6 Å². The number of rotatable bonds is 3. The van der Waals surface area contributed by atoms with E-state index in [0.29, 0.717) is 6.54 Å². The van der Waals surface area contributed by atoms with Gasteiger partial charge in [-0.25, -0.2) is 0 Å². The SMILES string of the molecule is Cc1ccsc1CN(C)C(=O)[C@H]1CC(=O)Nc2ccccc21. The zero-order valence-corrected chi connectivity index (χ0v) is 13.4. The largest absolute Gasteiger partial charge is 0.340 e. The lowest BCUT2D eigenvalue weighted by Gasteiger charge is -2.28. The first-order valence-corrected chi connectivity index (χ1v) is 8.11. The maximum Gasteiger partial charge on any atom is 0.230 e. The molecule has 0 spiro atoms. The molecule has 22 heavy (non-hydrogen) atoms. The van der Waals surface area contributed by atoms with Crippen LogP contribution >= 0.6 is 11.3 Å². The molecular formula is C17H18N2O2S. The Hall–Kier alpha value is -2.14. The summed E-state index contributed by atoms with van der Waals surface area (Å²) in [6, 6.07) is 9.59.